The standard InChI is InChI=1S/C19H23BrN2O5S/c1-13(14-9-10-17(26-2)18(11-14)27-3)21-19(23)12-22(28(4,24)25)16-8-6-5-7-15(16)20/h5-11,13H,12H2,1-4H3,(H,21,23)/t13-/m1/s1. The van der Waals surface area contributed by atoms with Crippen LogP contribution in [-0.2, 0) is 14.8 Å². The van der Waals surface area contributed by atoms with Crippen LogP contribution >= 0.6 is 15.9 Å². The van der Waals surface area contributed by atoms with Crippen molar-refractivity contribution >= 4 is 37.5 Å². The van der Waals surface area contributed by atoms with Gasteiger partial charge in [-0.3, -0.25) is 9.10 Å². The normalized spacial score (nSPS) is 12.2. The molecule has 2 aromatic carbocycles. The van der Waals surface area contributed by atoms with Crippen molar-refractivity contribution in [2.45, 2.75) is 13.0 Å². The molecule has 7 nitrogen and oxygen atoms in total. The number of sulfonamides is 1. The van der Waals surface area contributed by atoms with Gasteiger partial charge in [-0.2, -0.15) is 0 Å². The molecule has 1 amide bonds. The van der Waals surface area contributed by atoms with E-state index in [-0.39, 0.29) is 12.6 Å². The van der Waals surface area contributed by atoms with Gasteiger partial charge in [-0.25, -0.2) is 8.42 Å². The number of halogens is 1. The van der Waals surface area contributed by atoms with Gasteiger partial charge in [-0.1, -0.05) is 18.2 Å². The van der Waals surface area contributed by atoms with Crippen LogP contribution in [0.25, 0.3) is 0 Å². The summed E-state index contributed by atoms with van der Waals surface area (Å²) in [6.45, 7) is 1.47. The smallest absolute Gasteiger partial charge is 0.241 e. The molecule has 0 spiro atoms. The second-order valence-corrected chi connectivity index (χ2v) is 8.89. The molecule has 28 heavy (non-hydrogen) atoms. The number of rotatable bonds is 8. The Labute approximate surface area is 173 Å². The van der Waals surface area contributed by atoms with Crippen LogP contribution in [0.3, 0.4) is 0 Å². The third-order valence-corrected chi connectivity index (χ3v) is 5.89. The fourth-order valence-electron chi connectivity index (χ4n) is 2.66. The average molecular weight is 471 g/mol. The van der Waals surface area contributed by atoms with E-state index in [1.807, 2.05) is 13.0 Å². The minimum absolute atomic E-state index is 0.334. The molecule has 0 bridgehead atoms. The van der Waals surface area contributed by atoms with Crippen LogP contribution < -0.4 is 19.1 Å². The second kappa shape index (κ2) is 9.29. The summed E-state index contributed by atoms with van der Waals surface area (Å²) in [4.78, 5) is 12.6. The Hall–Kier alpha value is -2.26. The number of hydrogen-bond donors (Lipinski definition) is 1. The zero-order valence-corrected chi connectivity index (χ0v) is 18.5. The number of amides is 1. The van der Waals surface area contributed by atoms with E-state index in [1.54, 1.807) is 43.5 Å². The van der Waals surface area contributed by atoms with Crippen LogP contribution in [0.15, 0.2) is 46.9 Å². The molecule has 0 aliphatic rings. The van der Waals surface area contributed by atoms with Crippen LogP contribution in [0.2, 0.25) is 0 Å². The molecule has 2 rings (SSSR count). The van der Waals surface area contributed by atoms with E-state index < -0.39 is 15.9 Å². The van der Waals surface area contributed by atoms with Gasteiger partial charge >= 0.3 is 0 Å². The summed E-state index contributed by atoms with van der Waals surface area (Å²) in [5.74, 6) is 0.706. The number of ether oxygens (including phenoxy) is 2. The Kier molecular flexibility index (Phi) is 7.31. The lowest BCUT2D eigenvalue weighted by atomic mass is 10.1. The molecule has 9 heteroatoms. The molecule has 0 saturated heterocycles. The van der Waals surface area contributed by atoms with Gasteiger partial charge in [0.05, 0.1) is 32.2 Å². The molecule has 0 radical (unpaired) electrons. The third kappa shape index (κ3) is 5.39. The number of carbonyl (C=O) groups excluding carboxylic acids is 1. The minimum atomic E-state index is -3.65. The Morgan fingerprint density at radius 3 is 2.36 bits per heavy atom. The van der Waals surface area contributed by atoms with E-state index in [0.717, 1.165) is 16.1 Å². The second-order valence-electron chi connectivity index (χ2n) is 6.12. The third-order valence-electron chi connectivity index (χ3n) is 4.09. The first-order chi connectivity index (χ1) is 13.2. The van der Waals surface area contributed by atoms with Crippen molar-refractivity contribution in [3.05, 3.63) is 52.5 Å². The van der Waals surface area contributed by atoms with Gasteiger partial charge < -0.3 is 14.8 Å². The monoisotopic (exact) mass is 470 g/mol. The van der Waals surface area contributed by atoms with Crippen molar-refractivity contribution in [3.8, 4) is 11.5 Å². The summed E-state index contributed by atoms with van der Waals surface area (Å²) in [6.07, 6.45) is 1.07. The van der Waals surface area contributed by atoms with E-state index in [4.69, 9.17) is 9.47 Å². The number of benzene rings is 2. The Bertz CT molecular complexity index is 949. The number of methoxy groups -OCH3 is 2. The topological polar surface area (TPSA) is 84.9 Å². The summed E-state index contributed by atoms with van der Waals surface area (Å²) < 4.78 is 36.6. The van der Waals surface area contributed by atoms with Gasteiger partial charge in [-0.15, -0.1) is 0 Å². The molecular weight excluding hydrogens is 448 g/mol. The Morgan fingerprint density at radius 1 is 1.14 bits per heavy atom. The molecule has 0 fully saturated rings. The van der Waals surface area contributed by atoms with E-state index in [9.17, 15) is 13.2 Å². The first kappa shape index (κ1) is 22.0. The van der Waals surface area contributed by atoms with E-state index >= 15 is 0 Å². The predicted octanol–water partition coefficient (Wildman–Crippen LogP) is 3.11. The molecule has 2 aromatic rings. The largest absolute Gasteiger partial charge is 0.493 e. The van der Waals surface area contributed by atoms with Crippen molar-refractivity contribution in [1.29, 1.82) is 0 Å². The molecule has 1 atom stereocenters. The fraction of sp³-hybridized carbons (Fsp3) is 0.316. The summed E-state index contributed by atoms with van der Waals surface area (Å²) >= 11 is 3.33. The number of carbonyl (C=O) groups is 1. The number of nitrogens with one attached hydrogen (secondary N) is 1. The molecule has 0 aliphatic carbocycles. The number of nitrogens with zero attached hydrogens (tertiary/aromatic N) is 1. The summed E-state index contributed by atoms with van der Waals surface area (Å²) in [6, 6.07) is 11.8. The van der Waals surface area contributed by atoms with Gasteiger partial charge in [-0.05, 0) is 52.7 Å². The van der Waals surface area contributed by atoms with E-state index in [0.29, 0.717) is 21.7 Å². The molecule has 0 unspecified atom stereocenters. The van der Waals surface area contributed by atoms with Crippen molar-refractivity contribution in [3.63, 3.8) is 0 Å². The number of anilines is 1. The lowest BCUT2D eigenvalue weighted by Gasteiger charge is -2.24. The maximum absolute atomic E-state index is 12.6. The van der Waals surface area contributed by atoms with Gasteiger partial charge in [0, 0.05) is 4.47 Å². The zero-order valence-electron chi connectivity index (χ0n) is 16.1. The molecule has 0 aliphatic heterocycles. The maximum atomic E-state index is 12.6. The van der Waals surface area contributed by atoms with Gasteiger partial charge in [0.1, 0.15) is 6.54 Å². The minimum Gasteiger partial charge on any atom is -0.493 e. The van der Waals surface area contributed by atoms with Crippen molar-refractivity contribution in [2.24, 2.45) is 0 Å². The van der Waals surface area contributed by atoms with Gasteiger partial charge in [0.2, 0.25) is 15.9 Å². The molecule has 0 heterocycles. The maximum Gasteiger partial charge on any atom is 0.241 e. The van der Waals surface area contributed by atoms with Crippen LogP contribution in [0.1, 0.15) is 18.5 Å². The lowest BCUT2D eigenvalue weighted by molar-refractivity contribution is -0.120. The molecular formula is C19H23BrN2O5S. The average Bonchev–Trinajstić information content (AvgIpc) is 2.65. The highest BCUT2D eigenvalue weighted by molar-refractivity contribution is 9.10. The summed E-state index contributed by atoms with van der Waals surface area (Å²) in [5.41, 5.74) is 1.21. The fourth-order valence-corrected chi connectivity index (χ4v) is 4.14. The molecule has 0 saturated carbocycles. The Balaban J connectivity index is 2.18. The summed E-state index contributed by atoms with van der Waals surface area (Å²) in [7, 11) is -0.570. The quantitative estimate of drug-likeness (QED) is 0.640. The Morgan fingerprint density at radius 2 is 1.79 bits per heavy atom. The zero-order chi connectivity index (χ0) is 20.9. The SMILES string of the molecule is COc1ccc([C@@H](C)NC(=O)CN(c2ccccc2Br)S(C)(=O)=O)cc1OC. The predicted molar refractivity (Wildman–Crippen MR) is 112 cm³/mol. The van der Waals surface area contributed by atoms with E-state index in [1.165, 1.54) is 7.11 Å². The number of hydrogen-bond acceptors (Lipinski definition) is 5. The van der Waals surface area contributed by atoms with E-state index in [2.05, 4.69) is 21.2 Å². The molecule has 1 N–H and O–H groups in total. The van der Waals surface area contributed by atoms with Crippen LogP contribution in [0.4, 0.5) is 5.69 Å². The van der Waals surface area contributed by atoms with Crippen molar-refractivity contribution in [2.75, 3.05) is 31.3 Å². The summed E-state index contributed by atoms with van der Waals surface area (Å²) in [5, 5.41) is 2.82. The highest BCUT2D eigenvalue weighted by Gasteiger charge is 2.23. The first-order valence-electron chi connectivity index (χ1n) is 8.41. The molecule has 0 aromatic heterocycles. The van der Waals surface area contributed by atoms with Crippen molar-refractivity contribution in [1.82, 2.24) is 5.32 Å². The lowest BCUT2D eigenvalue weighted by Crippen LogP contribution is -2.41. The van der Waals surface area contributed by atoms with Crippen molar-refractivity contribution < 1.29 is 22.7 Å². The van der Waals surface area contributed by atoms with Gasteiger partial charge in [0.15, 0.2) is 11.5 Å². The highest BCUT2D eigenvalue weighted by atomic mass is 79.9. The number of para-hydroxylation sites is 1. The molecule has 152 valence electrons. The van der Waals surface area contributed by atoms with Crippen LogP contribution in [0, 0.1) is 0 Å². The van der Waals surface area contributed by atoms with Crippen LogP contribution in [0.5, 0.6) is 11.5 Å². The first-order valence-corrected chi connectivity index (χ1v) is 11.0. The van der Waals surface area contributed by atoms with Gasteiger partial charge in [0.25, 0.3) is 0 Å². The van der Waals surface area contributed by atoms with Crippen LogP contribution in [-0.4, -0.2) is 41.3 Å². The highest BCUT2D eigenvalue weighted by Crippen LogP contribution is 2.30.